The molecule has 0 bridgehead atoms. The zero-order valence-corrected chi connectivity index (χ0v) is 17.7. The minimum atomic E-state index is -4.06. The predicted molar refractivity (Wildman–Crippen MR) is 108 cm³/mol. The molecule has 12 heteroatoms. The van der Waals surface area contributed by atoms with Gasteiger partial charge in [0.2, 0.25) is 0 Å². The van der Waals surface area contributed by atoms with E-state index in [0.717, 1.165) is 11.6 Å². The van der Waals surface area contributed by atoms with Gasteiger partial charge in [-0.2, -0.15) is 4.98 Å². The highest BCUT2D eigenvalue weighted by Gasteiger charge is 2.21. The van der Waals surface area contributed by atoms with Gasteiger partial charge in [0, 0.05) is 10.0 Å². The number of halogens is 5. The minimum absolute atomic E-state index is 0.0531. The van der Waals surface area contributed by atoms with Gasteiger partial charge >= 0.3 is 0 Å². The molecule has 0 spiro atoms. The van der Waals surface area contributed by atoms with Crippen molar-refractivity contribution < 1.29 is 8.42 Å². The molecule has 2 aromatic carbocycles. The maximum absolute atomic E-state index is 12.5. The van der Waals surface area contributed by atoms with Gasteiger partial charge in [-0.25, -0.2) is 17.8 Å². The summed E-state index contributed by atoms with van der Waals surface area (Å²) in [6.45, 7) is 0.276. The van der Waals surface area contributed by atoms with Crippen LogP contribution in [0.15, 0.2) is 41.6 Å². The summed E-state index contributed by atoms with van der Waals surface area (Å²) in [7, 11) is -4.06. The number of aromatic nitrogens is 3. The van der Waals surface area contributed by atoms with Crippen molar-refractivity contribution in [3.63, 3.8) is 0 Å². The molecule has 3 aromatic rings. The molecule has 1 aromatic heterocycles. The lowest BCUT2D eigenvalue weighted by Crippen LogP contribution is -2.15. The van der Waals surface area contributed by atoms with E-state index in [1.807, 2.05) is 0 Å². The highest BCUT2D eigenvalue weighted by molar-refractivity contribution is 7.92. The van der Waals surface area contributed by atoms with Gasteiger partial charge in [0.1, 0.15) is 11.2 Å². The third-order valence-electron chi connectivity index (χ3n) is 3.37. The standard InChI is InChI=1S/C15H9Cl5N4O2S/c16-9-2-1-8(10(17)3-9)6-24-7-21-15(22-24)23-27(25,26)14-5-12(19)11(18)4-13(14)20/h1-5,7H,6H2,(H,22,23). The fourth-order valence-electron chi connectivity index (χ4n) is 2.13. The minimum Gasteiger partial charge on any atom is -0.246 e. The summed E-state index contributed by atoms with van der Waals surface area (Å²) in [5, 5.41) is 5.16. The molecule has 6 nitrogen and oxygen atoms in total. The van der Waals surface area contributed by atoms with E-state index in [0.29, 0.717) is 10.0 Å². The lowest BCUT2D eigenvalue weighted by Gasteiger charge is -2.08. The van der Waals surface area contributed by atoms with Crippen LogP contribution in [0.2, 0.25) is 25.1 Å². The molecule has 0 fully saturated rings. The number of rotatable bonds is 5. The summed E-state index contributed by atoms with van der Waals surface area (Å²) in [4.78, 5) is 3.69. The first-order valence-electron chi connectivity index (χ1n) is 7.16. The van der Waals surface area contributed by atoms with Gasteiger partial charge in [0.05, 0.1) is 21.6 Å². The Kier molecular flexibility index (Phi) is 6.10. The molecule has 0 unspecified atom stereocenters. The van der Waals surface area contributed by atoms with Crippen molar-refractivity contribution in [2.24, 2.45) is 0 Å². The van der Waals surface area contributed by atoms with Crippen molar-refractivity contribution in [1.82, 2.24) is 14.8 Å². The van der Waals surface area contributed by atoms with Crippen LogP contribution in [-0.2, 0) is 16.6 Å². The monoisotopic (exact) mass is 484 g/mol. The molecule has 0 aliphatic rings. The number of sulfonamides is 1. The van der Waals surface area contributed by atoms with Crippen molar-refractivity contribution in [2.75, 3.05) is 4.72 Å². The lowest BCUT2D eigenvalue weighted by molar-refractivity contribution is 0.600. The Labute approximate surface area is 180 Å². The van der Waals surface area contributed by atoms with Crippen molar-refractivity contribution in [3.05, 3.63) is 67.3 Å². The Bertz CT molecular complexity index is 1120. The van der Waals surface area contributed by atoms with Crippen LogP contribution in [0.5, 0.6) is 0 Å². The SMILES string of the molecule is O=S(=O)(Nc1ncn(Cc2ccc(Cl)cc2Cl)n1)c1cc(Cl)c(Cl)cc1Cl. The molecule has 0 aliphatic carbocycles. The number of anilines is 1. The summed E-state index contributed by atoms with van der Waals surface area (Å²) >= 11 is 29.6. The second-order valence-electron chi connectivity index (χ2n) is 5.30. The highest BCUT2D eigenvalue weighted by Crippen LogP contribution is 2.32. The number of benzene rings is 2. The normalized spacial score (nSPS) is 11.6. The van der Waals surface area contributed by atoms with Gasteiger partial charge in [-0.3, -0.25) is 0 Å². The topological polar surface area (TPSA) is 76.9 Å². The summed E-state index contributed by atoms with van der Waals surface area (Å²) in [5.74, 6) is -0.137. The first-order valence-corrected chi connectivity index (χ1v) is 10.5. The molecule has 0 radical (unpaired) electrons. The van der Waals surface area contributed by atoms with Crippen LogP contribution in [0.4, 0.5) is 5.95 Å². The molecule has 0 aliphatic heterocycles. The zero-order chi connectivity index (χ0) is 19.8. The Morgan fingerprint density at radius 3 is 2.33 bits per heavy atom. The quantitative estimate of drug-likeness (QED) is 0.490. The van der Waals surface area contributed by atoms with Crippen molar-refractivity contribution >= 4 is 74.0 Å². The van der Waals surface area contributed by atoms with Crippen LogP contribution < -0.4 is 4.72 Å². The van der Waals surface area contributed by atoms with E-state index in [2.05, 4.69) is 14.8 Å². The maximum Gasteiger partial charge on any atom is 0.265 e. The van der Waals surface area contributed by atoms with Gasteiger partial charge < -0.3 is 0 Å². The van der Waals surface area contributed by atoms with Gasteiger partial charge in [0.15, 0.2) is 0 Å². The molecule has 0 amide bonds. The average molecular weight is 487 g/mol. The number of hydrogen-bond acceptors (Lipinski definition) is 4. The zero-order valence-electron chi connectivity index (χ0n) is 13.1. The van der Waals surface area contributed by atoms with Crippen molar-refractivity contribution in [1.29, 1.82) is 0 Å². The first kappa shape index (κ1) is 20.5. The van der Waals surface area contributed by atoms with Crippen LogP contribution in [0, 0.1) is 0 Å². The predicted octanol–water partition coefficient (Wildman–Crippen LogP) is 5.39. The van der Waals surface area contributed by atoms with Crippen LogP contribution in [0.3, 0.4) is 0 Å². The maximum atomic E-state index is 12.5. The number of nitrogens with zero attached hydrogens (tertiary/aromatic N) is 3. The third-order valence-corrected chi connectivity index (χ3v) is 6.48. The van der Waals surface area contributed by atoms with E-state index in [1.165, 1.54) is 17.1 Å². The van der Waals surface area contributed by atoms with Gasteiger partial charge in [0.25, 0.3) is 16.0 Å². The highest BCUT2D eigenvalue weighted by atomic mass is 35.5. The second-order valence-corrected chi connectivity index (χ2v) is 9.02. The van der Waals surface area contributed by atoms with Gasteiger partial charge in [-0.1, -0.05) is 64.1 Å². The van der Waals surface area contributed by atoms with Crippen LogP contribution in [0.1, 0.15) is 5.56 Å². The van der Waals surface area contributed by atoms with E-state index < -0.39 is 10.0 Å². The molecule has 1 N–H and O–H groups in total. The van der Waals surface area contributed by atoms with E-state index in [-0.39, 0.29) is 32.5 Å². The molecule has 0 saturated carbocycles. The molecule has 1 heterocycles. The second kappa shape index (κ2) is 8.03. The molecular weight excluding hydrogens is 478 g/mol. The fourth-order valence-corrected chi connectivity index (χ4v) is 4.54. The Morgan fingerprint density at radius 1 is 0.926 bits per heavy atom. The molecule has 27 heavy (non-hydrogen) atoms. The Hall–Kier alpha value is -1.22. The van der Waals surface area contributed by atoms with Crippen molar-refractivity contribution in [3.8, 4) is 0 Å². The third kappa shape index (κ3) is 4.80. The summed E-state index contributed by atoms with van der Waals surface area (Å²) in [6, 6.07) is 7.43. The van der Waals surface area contributed by atoms with Crippen LogP contribution in [0.25, 0.3) is 0 Å². The molecular formula is C15H9Cl5N4O2S. The summed E-state index contributed by atoms with van der Waals surface area (Å²) in [5.41, 5.74) is 0.743. The lowest BCUT2D eigenvalue weighted by atomic mass is 10.2. The van der Waals surface area contributed by atoms with Crippen LogP contribution >= 0.6 is 58.0 Å². The van der Waals surface area contributed by atoms with E-state index in [1.54, 1.807) is 18.2 Å². The molecule has 3 rings (SSSR count). The first-order chi connectivity index (χ1) is 12.7. The fraction of sp³-hybridized carbons (Fsp3) is 0.0667. The molecule has 142 valence electrons. The number of nitrogens with one attached hydrogen (secondary N) is 1. The van der Waals surface area contributed by atoms with E-state index >= 15 is 0 Å². The van der Waals surface area contributed by atoms with Gasteiger partial charge in [-0.15, -0.1) is 5.10 Å². The summed E-state index contributed by atoms with van der Waals surface area (Å²) < 4.78 is 28.7. The van der Waals surface area contributed by atoms with E-state index in [4.69, 9.17) is 58.0 Å². The van der Waals surface area contributed by atoms with Crippen molar-refractivity contribution in [2.45, 2.75) is 11.4 Å². The smallest absolute Gasteiger partial charge is 0.246 e. The molecule has 0 atom stereocenters. The van der Waals surface area contributed by atoms with E-state index in [9.17, 15) is 8.42 Å². The molecule has 0 saturated heterocycles. The van der Waals surface area contributed by atoms with Gasteiger partial charge in [-0.05, 0) is 29.8 Å². The number of hydrogen-bond donors (Lipinski definition) is 1. The largest absolute Gasteiger partial charge is 0.265 e. The average Bonchev–Trinajstić information content (AvgIpc) is 2.99. The Balaban J connectivity index is 1.82. The Morgan fingerprint density at radius 2 is 1.63 bits per heavy atom. The van der Waals surface area contributed by atoms with Crippen LogP contribution in [-0.4, -0.2) is 23.2 Å². The summed E-state index contributed by atoms with van der Waals surface area (Å²) in [6.07, 6.45) is 1.36.